The molecule has 0 aliphatic carbocycles. The van der Waals surface area contributed by atoms with Gasteiger partial charge >= 0.3 is 64.3 Å². The molecule has 3 aliphatic heterocycles. The summed E-state index contributed by atoms with van der Waals surface area (Å²) in [6.07, 6.45) is 0.0706. The fourth-order valence-corrected chi connectivity index (χ4v) is 7.90. The third kappa shape index (κ3) is 6.82. The van der Waals surface area contributed by atoms with Crippen LogP contribution in [-0.2, 0) is 49.5 Å². The van der Waals surface area contributed by atoms with Crippen LogP contribution >= 0.6 is 0 Å². The van der Waals surface area contributed by atoms with Gasteiger partial charge < -0.3 is 39.5 Å². The molecule has 0 radical (unpaired) electrons. The molecule has 49 heavy (non-hydrogen) atoms. The van der Waals surface area contributed by atoms with Crippen LogP contribution in [0.15, 0.2) is 18.2 Å². The van der Waals surface area contributed by atoms with E-state index in [-0.39, 0.29) is 72.7 Å². The number of hydrogen-bond donors (Lipinski definition) is 3. The van der Waals surface area contributed by atoms with E-state index in [1.54, 1.807) is 6.92 Å². The molecule has 19 nitrogen and oxygen atoms in total. The second kappa shape index (κ2) is 14.7. The van der Waals surface area contributed by atoms with Crippen LogP contribution in [0, 0.1) is 0 Å². The first kappa shape index (κ1) is 39.2. The molecule has 0 spiro atoms. The van der Waals surface area contributed by atoms with Crippen molar-refractivity contribution in [3.05, 3.63) is 23.8 Å². The van der Waals surface area contributed by atoms with Gasteiger partial charge in [-0.1, -0.05) is 6.07 Å². The number of ether oxygens (including phenoxy) is 2. The van der Waals surface area contributed by atoms with Crippen molar-refractivity contribution >= 4 is 65.2 Å². The number of rotatable bonds is 10. The normalized spacial score (nSPS) is 24.4. The zero-order valence-corrected chi connectivity index (χ0v) is 30.0. The van der Waals surface area contributed by atoms with Gasteiger partial charge in [-0.2, -0.15) is 0 Å². The van der Waals surface area contributed by atoms with Gasteiger partial charge in [0.15, 0.2) is 11.5 Å². The van der Waals surface area contributed by atoms with E-state index >= 15 is 0 Å². The number of nitrogens with one attached hydrogen (secondary N) is 3. The van der Waals surface area contributed by atoms with Crippen LogP contribution in [0.25, 0.3) is 0 Å². The zero-order valence-electron chi connectivity index (χ0n) is 27.2. The van der Waals surface area contributed by atoms with Crippen molar-refractivity contribution in [1.82, 2.24) is 30.7 Å². The van der Waals surface area contributed by atoms with Crippen molar-refractivity contribution in [3.63, 3.8) is 0 Å². The molecule has 0 saturated carbocycles. The molecule has 5 atom stereocenters. The molecule has 3 unspecified atom stereocenters. The molecule has 3 N–H and O–H groups in total. The van der Waals surface area contributed by atoms with Gasteiger partial charge in [0.05, 0.1) is 5.97 Å². The summed E-state index contributed by atoms with van der Waals surface area (Å²) in [4.78, 5) is 113. The third-order valence-corrected chi connectivity index (χ3v) is 10.3. The van der Waals surface area contributed by atoms with Gasteiger partial charge in [0.1, 0.15) is 16.8 Å². The first-order valence-electron chi connectivity index (χ1n) is 14.3. The van der Waals surface area contributed by atoms with Gasteiger partial charge in [0, 0.05) is 44.7 Å². The number of urea groups is 1. The Morgan fingerprint density at radius 2 is 1.65 bits per heavy atom. The van der Waals surface area contributed by atoms with Crippen molar-refractivity contribution in [1.29, 1.82) is 0 Å². The van der Waals surface area contributed by atoms with Gasteiger partial charge in [-0.05, 0) is 38.5 Å². The first-order valence-corrected chi connectivity index (χ1v) is 15.5. The molecule has 21 heteroatoms. The quantitative estimate of drug-likeness (QED) is 0.0388. The number of imide groups is 1. The Morgan fingerprint density at radius 3 is 2.20 bits per heavy atom. The fraction of sp³-hybridized carbons (Fsp3) is 0.464. The molecule has 3 aliphatic rings. The molecule has 0 aromatic heterocycles. The second-order valence-corrected chi connectivity index (χ2v) is 13.5. The Hall–Kier alpha value is -4.24. The molecule has 3 heterocycles. The van der Waals surface area contributed by atoms with E-state index in [2.05, 4.69) is 16.0 Å². The summed E-state index contributed by atoms with van der Waals surface area (Å²) < 4.78 is 22.2. The molecule has 1 aromatic rings. The van der Waals surface area contributed by atoms with E-state index in [1.165, 1.54) is 24.8 Å². The second-order valence-electron chi connectivity index (χ2n) is 11.3. The summed E-state index contributed by atoms with van der Waals surface area (Å²) in [7, 11) is 0. The van der Waals surface area contributed by atoms with E-state index in [0.29, 0.717) is 9.80 Å². The van der Waals surface area contributed by atoms with Crippen molar-refractivity contribution in [2.45, 2.75) is 62.5 Å². The smallest absolute Gasteiger partial charge is 0.612 e. The number of esters is 2. The van der Waals surface area contributed by atoms with Crippen molar-refractivity contribution < 1.29 is 91.8 Å². The summed E-state index contributed by atoms with van der Waals surface area (Å²) in [5.41, 5.74) is -0.166. The number of carbonyl (C=O) groups is 9. The minimum atomic E-state index is -2.36. The maximum Gasteiger partial charge on any atom is 1.00 e. The number of piperazine rings is 1. The predicted molar refractivity (Wildman–Crippen MR) is 156 cm³/mol. The molecule has 1 aromatic carbocycles. The maximum atomic E-state index is 14.0. The average Bonchev–Trinajstić information content (AvgIpc) is 3.16. The Bertz CT molecular complexity index is 1620. The van der Waals surface area contributed by atoms with Crippen molar-refractivity contribution in [2.75, 3.05) is 19.6 Å². The number of hydrogen-bond acceptors (Lipinski definition) is 13. The van der Waals surface area contributed by atoms with E-state index in [4.69, 9.17) is 9.47 Å². The largest absolute Gasteiger partial charge is 1.00 e. The van der Waals surface area contributed by atoms with Crippen LogP contribution in [0.5, 0.6) is 11.5 Å². The van der Waals surface area contributed by atoms with Gasteiger partial charge in [-0.3, -0.25) is 48.7 Å². The number of carboxylic acid groups (broad SMARTS) is 1. The molecule has 3 saturated heterocycles. The van der Waals surface area contributed by atoms with E-state index in [9.17, 15) is 52.8 Å². The zero-order chi connectivity index (χ0) is 35.9. The number of fused-ring (bicyclic) bond motifs is 1. The molecule has 0 bridgehead atoms. The molecule has 258 valence electrons. The molecular formula is C28H31N6NaO13S. The summed E-state index contributed by atoms with van der Waals surface area (Å²) in [5.74, 6) is -8.47. The average molecular weight is 715 g/mol. The topological polar surface area (TPSA) is 264 Å². The van der Waals surface area contributed by atoms with Crippen molar-refractivity contribution in [2.24, 2.45) is 0 Å². The number of likely N-dealkylation sites (N-methyl/N-ethyl adjacent to an activating group) is 1. The van der Waals surface area contributed by atoms with E-state index in [0.717, 1.165) is 26.0 Å². The van der Waals surface area contributed by atoms with Gasteiger partial charge in [-0.25, -0.2) is 4.79 Å². The molecule has 4 rings (SSSR count). The van der Waals surface area contributed by atoms with Crippen LogP contribution in [0.3, 0.4) is 0 Å². The first-order chi connectivity index (χ1) is 22.4. The van der Waals surface area contributed by atoms with Crippen LogP contribution in [-0.4, -0.2) is 115 Å². The number of carbonyl (C=O) groups excluding carboxylic acids is 9. The summed E-state index contributed by atoms with van der Waals surface area (Å²) in [5, 5.41) is 18.8. The molecule has 7 amide bonds. The number of β-lactam (4-membered cyclic amide) rings is 1. The maximum absolute atomic E-state index is 14.0. The third-order valence-electron chi connectivity index (χ3n) is 7.96. The fourth-order valence-electron chi connectivity index (χ4n) is 5.79. The summed E-state index contributed by atoms with van der Waals surface area (Å²) in [6, 6.07) is -3.33. The van der Waals surface area contributed by atoms with Gasteiger partial charge in [-0.15, -0.1) is 0 Å². The van der Waals surface area contributed by atoms with E-state index < -0.39 is 86.6 Å². The Morgan fingerprint density at radius 1 is 1.04 bits per heavy atom. The SMILES string of the molecule is CCN1CCN(C(=O)NC(C(=O)N[C@H]2C(=O)N3[C@@H](C(=O)[O-])C(C)(C)[S+]([O-])C23NC=O)c2ccc(OC(C)=O)c(OC(C)=O)c2)C(=O)C1=O.[Na+]. The Labute approximate surface area is 303 Å². The number of amides is 7. The van der Waals surface area contributed by atoms with Crippen LogP contribution in [0.1, 0.15) is 46.2 Å². The predicted octanol–water partition coefficient (Wildman–Crippen LogP) is -6.63. The molecule has 3 fully saturated rings. The number of nitrogens with zero attached hydrogens (tertiary/aromatic N) is 3. The monoisotopic (exact) mass is 714 g/mol. The van der Waals surface area contributed by atoms with Crippen LogP contribution in [0.2, 0.25) is 0 Å². The number of benzene rings is 1. The van der Waals surface area contributed by atoms with Crippen LogP contribution < -0.4 is 60.1 Å². The van der Waals surface area contributed by atoms with E-state index in [1.807, 2.05) is 0 Å². The summed E-state index contributed by atoms with van der Waals surface area (Å²) >= 11 is -2.36. The Balaban J connectivity index is 0.00000650. The van der Waals surface area contributed by atoms with Gasteiger partial charge in [0.2, 0.25) is 18.4 Å². The van der Waals surface area contributed by atoms with Crippen molar-refractivity contribution in [3.8, 4) is 11.5 Å². The number of aliphatic carboxylic acids is 1. The number of carboxylic acids is 1. The van der Waals surface area contributed by atoms with Crippen LogP contribution in [0.4, 0.5) is 4.79 Å². The summed E-state index contributed by atoms with van der Waals surface area (Å²) in [6.45, 7) is 6.21. The minimum absolute atomic E-state index is 0. The minimum Gasteiger partial charge on any atom is -0.612 e. The standard InChI is InChI=1S/C28H32N6O13S.Na/c1-6-32-9-10-33(24(41)23(32)40)26(44)30-18(15-7-8-16(46-13(2)36)17(11-15)47-14(3)37)21(38)31-19-22(39)34-20(25(42)43)27(4,5)48(45)28(19,34)29-12-35;/h7-8,11-12,18-20H,6,9-10H2,1-5H3,(H,29,35)(H,30,44)(H,31,38)(H,42,43);/q;+1/p-1/t18?,19-,20-,28?,48?;/m0./s1. The Kier molecular flexibility index (Phi) is 11.8. The molecular weight excluding hydrogens is 683 g/mol. The van der Waals surface area contributed by atoms with Gasteiger partial charge in [0.25, 0.3) is 5.91 Å².